The summed E-state index contributed by atoms with van der Waals surface area (Å²) in [4.78, 5) is 0. The van der Waals surface area contributed by atoms with Gasteiger partial charge in [0.1, 0.15) is 0 Å². The maximum Gasteiger partial charge on any atom is 0.0846 e. The lowest BCUT2D eigenvalue weighted by Crippen LogP contribution is -2.41. The highest BCUT2D eigenvalue weighted by atomic mass is 16.3. The van der Waals surface area contributed by atoms with E-state index in [1.54, 1.807) is 13.8 Å². The minimum atomic E-state index is -1.10. The molecule has 0 saturated heterocycles. The molecule has 8 unspecified atom stereocenters. The molecule has 134 valence electrons. The van der Waals surface area contributed by atoms with E-state index in [0.29, 0.717) is 0 Å². The number of hydrogen-bond acceptors (Lipinski definition) is 7. The van der Waals surface area contributed by atoms with Crippen molar-refractivity contribution in [2.45, 2.75) is 76.7 Å². The van der Waals surface area contributed by atoms with Crippen molar-refractivity contribution in [3.05, 3.63) is 0 Å². The summed E-state index contributed by atoms with van der Waals surface area (Å²) in [7, 11) is 0. The first-order valence-corrected chi connectivity index (χ1v) is 7.81. The average Bonchev–Trinajstić information content (AvgIpc) is 2.44. The molecule has 0 aromatic carbocycles. The van der Waals surface area contributed by atoms with Crippen LogP contribution in [0.5, 0.6) is 0 Å². The highest BCUT2D eigenvalue weighted by molar-refractivity contribution is 4.82. The Hall–Kier alpha value is -0.280. The van der Waals surface area contributed by atoms with E-state index in [4.69, 9.17) is 5.11 Å². The van der Waals surface area contributed by atoms with Crippen LogP contribution in [-0.2, 0) is 0 Å². The van der Waals surface area contributed by atoms with Gasteiger partial charge < -0.3 is 35.7 Å². The minimum Gasteiger partial charge on any atom is -0.396 e. The molecule has 0 radical (unpaired) electrons. The molecule has 0 heterocycles. The predicted octanol–water partition coefficient (Wildman–Crippen LogP) is -1.39. The molecular formula is C15H32O7. The van der Waals surface area contributed by atoms with E-state index >= 15 is 0 Å². The zero-order valence-corrected chi connectivity index (χ0v) is 13.6. The third-order valence-electron chi connectivity index (χ3n) is 4.31. The summed E-state index contributed by atoms with van der Waals surface area (Å²) >= 11 is 0. The van der Waals surface area contributed by atoms with Crippen molar-refractivity contribution in [2.75, 3.05) is 6.61 Å². The topological polar surface area (TPSA) is 142 Å². The van der Waals surface area contributed by atoms with Crippen molar-refractivity contribution in [2.24, 2.45) is 11.8 Å². The van der Waals surface area contributed by atoms with Crippen LogP contribution in [0.4, 0.5) is 0 Å². The Morgan fingerprint density at radius 3 is 1.59 bits per heavy atom. The molecule has 0 spiro atoms. The smallest absolute Gasteiger partial charge is 0.0846 e. The molecule has 0 aliphatic rings. The van der Waals surface area contributed by atoms with Gasteiger partial charge in [-0.05, 0) is 26.2 Å². The summed E-state index contributed by atoms with van der Waals surface area (Å²) in [6.45, 7) is 4.40. The Morgan fingerprint density at radius 2 is 1.14 bits per heavy atom. The van der Waals surface area contributed by atoms with Crippen LogP contribution >= 0.6 is 0 Å². The van der Waals surface area contributed by atoms with Crippen molar-refractivity contribution in [1.82, 2.24) is 0 Å². The van der Waals surface area contributed by atoms with Crippen LogP contribution in [0.15, 0.2) is 0 Å². The highest BCUT2D eigenvalue weighted by Gasteiger charge is 2.31. The molecule has 7 heteroatoms. The third kappa shape index (κ3) is 7.32. The fourth-order valence-electron chi connectivity index (χ4n) is 2.36. The fourth-order valence-corrected chi connectivity index (χ4v) is 2.36. The Labute approximate surface area is 131 Å². The third-order valence-corrected chi connectivity index (χ3v) is 4.31. The van der Waals surface area contributed by atoms with Crippen LogP contribution in [0, 0.1) is 11.8 Å². The quantitative estimate of drug-likeness (QED) is 0.248. The van der Waals surface area contributed by atoms with Gasteiger partial charge in [0.15, 0.2) is 0 Å². The Balaban J connectivity index is 4.41. The van der Waals surface area contributed by atoms with E-state index in [9.17, 15) is 30.6 Å². The molecule has 0 aliphatic carbocycles. The maximum atomic E-state index is 10.1. The molecule has 0 rings (SSSR count). The van der Waals surface area contributed by atoms with Gasteiger partial charge in [-0.1, -0.05) is 13.8 Å². The van der Waals surface area contributed by atoms with Gasteiger partial charge in [0.2, 0.25) is 0 Å². The van der Waals surface area contributed by atoms with E-state index in [-0.39, 0.29) is 25.9 Å². The highest BCUT2D eigenvalue weighted by Crippen LogP contribution is 2.22. The average molecular weight is 324 g/mol. The molecule has 0 aliphatic heterocycles. The van der Waals surface area contributed by atoms with Crippen molar-refractivity contribution < 1.29 is 35.7 Å². The molecule has 7 N–H and O–H groups in total. The van der Waals surface area contributed by atoms with Crippen LogP contribution in [-0.4, -0.2) is 79.0 Å². The van der Waals surface area contributed by atoms with Gasteiger partial charge in [-0.25, -0.2) is 0 Å². The van der Waals surface area contributed by atoms with E-state index in [2.05, 4.69) is 0 Å². The lowest BCUT2D eigenvalue weighted by Gasteiger charge is -2.31. The molecule has 0 fully saturated rings. The summed E-state index contributed by atoms with van der Waals surface area (Å²) in [5, 5.41) is 67.3. The van der Waals surface area contributed by atoms with Crippen molar-refractivity contribution in [3.8, 4) is 0 Å². The molecule has 0 saturated carbocycles. The van der Waals surface area contributed by atoms with Gasteiger partial charge >= 0.3 is 0 Å². The second-order valence-corrected chi connectivity index (χ2v) is 6.29. The molecule has 7 nitrogen and oxygen atoms in total. The fraction of sp³-hybridized carbons (Fsp3) is 1.00. The zero-order valence-electron chi connectivity index (χ0n) is 13.6. The van der Waals surface area contributed by atoms with Gasteiger partial charge in [-0.2, -0.15) is 0 Å². The zero-order chi connectivity index (χ0) is 17.4. The van der Waals surface area contributed by atoms with E-state index in [1.807, 2.05) is 0 Å². The first-order valence-electron chi connectivity index (χ1n) is 7.81. The standard InChI is InChI=1S/C15H32O7/c1-8(12(19)6-11(18)4-5-16)13(20)7-14(21)9(2)15(22)10(3)17/h8-22H,4-7H2,1-3H3. The van der Waals surface area contributed by atoms with E-state index in [1.165, 1.54) is 6.92 Å². The number of aliphatic hydroxyl groups excluding tert-OH is 7. The monoisotopic (exact) mass is 324 g/mol. The normalized spacial score (nSPS) is 23.2. The van der Waals surface area contributed by atoms with E-state index in [0.717, 1.165) is 0 Å². The van der Waals surface area contributed by atoms with Crippen LogP contribution in [0.2, 0.25) is 0 Å². The summed E-state index contributed by atoms with van der Waals surface area (Å²) < 4.78 is 0. The SMILES string of the molecule is CC(O)C(O)C(C)C(O)CC(O)C(C)C(O)CC(O)CCO. The van der Waals surface area contributed by atoms with Crippen molar-refractivity contribution >= 4 is 0 Å². The molecule has 0 aromatic rings. The Morgan fingerprint density at radius 1 is 0.682 bits per heavy atom. The van der Waals surface area contributed by atoms with Gasteiger partial charge in [-0.3, -0.25) is 0 Å². The van der Waals surface area contributed by atoms with Crippen LogP contribution < -0.4 is 0 Å². The van der Waals surface area contributed by atoms with Gasteiger partial charge in [-0.15, -0.1) is 0 Å². The van der Waals surface area contributed by atoms with Crippen molar-refractivity contribution in [1.29, 1.82) is 0 Å². The van der Waals surface area contributed by atoms with Crippen molar-refractivity contribution in [3.63, 3.8) is 0 Å². The molecular weight excluding hydrogens is 292 g/mol. The van der Waals surface area contributed by atoms with E-state index < -0.39 is 48.5 Å². The second kappa shape index (κ2) is 10.5. The lowest BCUT2D eigenvalue weighted by atomic mass is 9.85. The first kappa shape index (κ1) is 21.7. The largest absolute Gasteiger partial charge is 0.396 e. The van der Waals surface area contributed by atoms with Crippen LogP contribution in [0.25, 0.3) is 0 Å². The Bertz CT molecular complexity index is 287. The maximum absolute atomic E-state index is 10.1. The minimum absolute atomic E-state index is 0.0285. The molecule has 0 bridgehead atoms. The summed E-state index contributed by atoms with van der Waals surface area (Å²) in [5.74, 6) is -1.21. The van der Waals surface area contributed by atoms with Crippen LogP contribution in [0.3, 0.4) is 0 Å². The van der Waals surface area contributed by atoms with Crippen LogP contribution in [0.1, 0.15) is 40.0 Å². The molecule has 22 heavy (non-hydrogen) atoms. The molecule has 0 amide bonds. The summed E-state index contributed by atoms with van der Waals surface area (Å²) in [5.41, 5.74) is 0. The first-order chi connectivity index (χ1) is 10.1. The second-order valence-electron chi connectivity index (χ2n) is 6.29. The summed E-state index contributed by atoms with van der Waals surface area (Å²) in [6.07, 6.45) is -5.84. The number of hydrogen-bond donors (Lipinski definition) is 7. The summed E-state index contributed by atoms with van der Waals surface area (Å²) in [6, 6.07) is 0. The van der Waals surface area contributed by atoms with Gasteiger partial charge in [0.05, 0.1) is 36.6 Å². The Kier molecular flexibility index (Phi) is 10.4. The predicted molar refractivity (Wildman–Crippen MR) is 81.0 cm³/mol. The van der Waals surface area contributed by atoms with Gasteiger partial charge in [0.25, 0.3) is 0 Å². The number of aliphatic hydroxyl groups is 7. The molecule has 8 atom stereocenters. The number of rotatable bonds is 11. The van der Waals surface area contributed by atoms with Gasteiger partial charge in [0, 0.05) is 18.4 Å². The molecule has 0 aromatic heterocycles. The lowest BCUT2D eigenvalue weighted by molar-refractivity contribution is -0.0701.